The number of aryl methyl sites for hydroxylation is 1. The first-order valence-electron chi connectivity index (χ1n) is 10.2. The van der Waals surface area contributed by atoms with Crippen LogP contribution in [0.25, 0.3) is 0 Å². The van der Waals surface area contributed by atoms with Crippen molar-refractivity contribution in [3.63, 3.8) is 0 Å². The Morgan fingerprint density at radius 1 is 1.07 bits per heavy atom. The highest BCUT2D eigenvalue weighted by molar-refractivity contribution is 7.99. The number of benzene rings is 2. The summed E-state index contributed by atoms with van der Waals surface area (Å²) in [4.78, 5) is 14.7. The van der Waals surface area contributed by atoms with Gasteiger partial charge in [-0.25, -0.2) is 0 Å². The number of hydrogen-bond acceptors (Lipinski definition) is 5. The number of aromatic nitrogens is 3. The second kappa shape index (κ2) is 9.34. The molecule has 156 valence electrons. The summed E-state index contributed by atoms with van der Waals surface area (Å²) in [5.41, 5.74) is 2.42. The van der Waals surface area contributed by atoms with Gasteiger partial charge >= 0.3 is 0 Å². The summed E-state index contributed by atoms with van der Waals surface area (Å²) >= 11 is 1.46. The highest BCUT2D eigenvalue weighted by Gasteiger charge is 2.24. The number of amides is 1. The lowest BCUT2D eigenvalue weighted by atomic mass is 9.89. The van der Waals surface area contributed by atoms with Crippen molar-refractivity contribution in [3.05, 3.63) is 71.5 Å². The maximum absolute atomic E-state index is 12.8. The predicted molar refractivity (Wildman–Crippen MR) is 118 cm³/mol. The number of nitrogens with zero attached hydrogens (tertiary/aromatic N) is 4. The molecule has 6 nitrogen and oxygen atoms in total. The number of phenols is 1. The molecule has 1 fully saturated rings. The van der Waals surface area contributed by atoms with Crippen LogP contribution in [0.4, 0.5) is 0 Å². The lowest BCUT2D eigenvalue weighted by molar-refractivity contribution is -0.129. The number of rotatable bonds is 6. The Morgan fingerprint density at radius 3 is 2.47 bits per heavy atom. The van der Waals surface area contributed by atoms with Crippen LogP contribution in [0.15, 0.2) is 59.8 Å². The smallest absolute Gasteiger partial charge is 0.233 e. The van der Waals surface area contributed by atoms with Gasteiger partial charge in [0.25, 0.3) is 0 Å². The van der Waals surface area contributed by atoms with E-state index in [1.165, 1.54) is 22.9 Å². The van der Waals surface area contributed by atoms with Crippen LogP contribution in [0.5, 0.6) is 5.75 Å². The van der Waals surface area contributed by atoms with E-state index >= 15 is 0 Å². The van der Waals surface area contributed by atoms with Crippen molar-refractivity contribution in [2.45, 2.75) is 37.4 Å². The van der Waals surface area contributed by atoms with E-state index in [4.69, 9.17) is 0 Å². The molecule has 2 aromatic carbocycles. The largest absolute Gasteiger partial charge is 0.508 e. The van der Waals surface area contributed by atoms with Crippen molar-refractivity contribution in [3.8, 4) is 5.75 Å². The van der Waals surface area contributed by atoms with Crippen LogP contribution in [-0.2, 0) is 11.3 Å². The van der Waals surface area contributed by atoms with Gasteiger partial charge in [0.1, 0.15) is 11.6 Å². The Labute approximate surface area is 180 Å². The zero-order valence-electron chi connectivity index (χ0n) is 17.1. The van der Waals surface area contributed by atoms with E-state index in [1.807, 2.05) is 42.2 Å². The number of thioether (sulfide) groups is 1. The van der Waals surface area contributed by atoms with E-state index < -0.39 is 0 Å². The summed E-state index contributed by atoms with van der Waals surface area (Å²) in [6.07, 6.45) is 1.90. The molecule has 0 bridgehead atoms. The van der Waals surface area contributed by atoms with Crippen LogP contribution in [0, 0.1) is 6.92 Å². The fourth-order valence-electron chi connectivity index (χ4n) is 3.84. The van der Waals surface area contributed by atoms with Crippen LogP contribution in [0.3, 0.4) is 0 Å². The minimum Gasteiger partial charge on any atom is -0.508 e. The molecule has 0 radical (unpaired) electrons. The van der Waals surface area contributed by atoms with Gasteiger partial charge in [-0.05, 0) is 48.9 Å². The van der Waals surface area contributed by atoms with Crippen molar-refractivity contribution in [1.29, 1.82) is 0 Å². The Balaban J connectivity index is 1.31. The molecule has 1 saturated heterocycles. The van der Waals surface area contributed by atoms with Gasteiger partial charge in [0.2, 0.25) is 5.91 Å². The third-order valence-corrected chi connectivity index (χ3v) is 6.57. The molecule has 30 heavy (non-hydrogen) atoms. The maximum atomic E-state index is 12.8. The monoisotopic (exact) mass is 422 g/mol. The molecule has 0 spiro atoms. The third-order valence-electron chi connectivity index (χ3n) is 5.62. The number of aromatic hydroxyl groups is 1. The first kappa shape index (κ1) is 20.5. The fourth-order valence-corrected chi connectivity index (χ4v) is 4.73. The molecule has 1 N–H and O–H groups in total. The predicted octanol–water partition coefficient (Wildman–Crippen LogP) is 3.84. The lowest BCUT2D eigenvalue weighted by Gasteiger charge is -2.32. The number of likely N-dealkylation sites (tertiary alicyclic amines) is 1. The quantitative estimate of drug-likeness (QED) is 0.611. The van der Waals surface area contributed by atoms with E-state index in [9.17, 15) is 9.90 Å². The molecule has 0 aliphatic carbocycles. The molecule has 2 heterocycles. The van der Waals surface area contributed by atoms with Crippen molar-refractivity contribution >= 4 is 17.7 Å². The highest BCUT2D eigenvalue weighted by atomic mass is 32.2. The summed E-state index contributed by atoms with van der Waals surface area (Å²) in [5, 5.41) is 18.7. The van der Waals surface area contributed by atoms with Crippen LogP contribution < -0.4 is 0 Å². The lowest BCUT2D eigenvalue weighted by Crippen LogP contribution is -2.39. The fraction of sp³-hybridized carbons (Fsp3) is 0.348. The molecule has 1 aromatic heterocycles. The summed E-state index contributed by atoms with van der Waals surface area (Å²) in [6.45, 7) is 4.17. The number of carbonyl (C=O) groups excluding carboxylic acids is 1. The van der Waals surface area contributed by atoms with E-state index in [2.05, 4.69) is 26.9 Å². The van der Waals surface area contributed by atoms with Crippen molar-refractivity contribution < 1.29 is 9.90 Å². The van der Waals surface area contributed by atoms with Gasteiger partial charge in [-0.15, -0.1) is 10.2 Å². The minimum absolute atomic E-state index is 0.149. The number of piperidine rings is 1. The molecular weight excluding hydrogens is 396 g/mol. The Kier molecular flexibility index (Phi) is 6.38. The molecule has 4 rings (SSSR count). The highest BCUT2D eigenvalue weighted by Crippen LogP contribution is 2.29. The zero-order chi connectivity index (χ0) is 20.9. The van der Waals surface area contributed by atoms with E-state index in [-0.39, 0.29) is 5.91 Å². The van der Waals surface area contributed by atoms with Gasteiger partial charge < -0.3 is 14.6 Å². The molecule has 1 aliphatic heterocycles. The van der Waals surface area contributed by atoms with Gasteiger partial charge in [0, 0.05) is 13.1 Å². The van der Waals surface area contributed by atoms with Crippen molar-refractivity contribution in [2.24, 2.45) is 0 Å². The Morgan fingerprint density at radius 2 is 1.77 bits per heavy atom. The SMILES string of the molecule is Cc1nnc(SCC(=O)N2CCC(c3ccc(O)cc3)CC2)n1Cc1ccccc1. The van der Waals surface area contributed by atoms with Crippen molar-refractivity contribution in [2.75, 3.05) is 18.8 Å². The summed E-state index contributed by atoms with van der Waals surface area (Å²) in [5.74, 6) is 2.11. The van der Waals surface area contributed by atoms with Gasteiger partial charge in [-0.3, -0.25) is 4.79 Å². The Bertz CT molecular complexity index is 980. The molecule has 0 saturated carbocycles. The average molecular weight is 423 g/mol. The van der Waals surface area contributed by atoms with Crippen LogP contribution in [0.1, 0.15) is 35.7 Å². The second-order valence-electron chi connectivity index (χ2n) is 7.64. The van der Waals surface area contributed by atoms with E-state index in [1.54, 1.807) is 12.1 Å². The van der Waals surface area contributed by atoms with Gasteiger partial charge in [-0.2, -0.15) is 0 Å². The summed E-state index contributed by atoms with van der Waals surface area (Å²) in [7, 11) is 0. The van der Waals surface area contributed by atoms with Gasteiger partial charge in [0.05, 0.1) is 12.3 Å². The van der Waals surface area contributed by atoms with E-state index in [0.29, 0.717) is 24.0 Å². The number of hydrogen-bond donors (Lipinski definition) is 1. The van der Waals surface area contributed by atoms with Crippen molar-refractivity contribution in [1.82, 2.24) is 19.7 Å². The molecule has 0 unspecified atom stereocenters. The normalized spacial score (nSPS) is 14.8. The standard InChI is InChI=1S/C23H26N4O2S/c1-17-24-25-23(27(17)15-18-5-3-2-4-6-18)30-16-22(29)26-13-11-20(12-14-26)19-7-9-21(28)10-8-19/h2-10,20,28H,11-16H2,1H3. The minimum atomic E-state index is 0.149. The molecule has 3 aromatic rings. The second-order valence-corrected chi connectivity index (χ2v) is 8.58. The first-order valence-corrected chi connectivity index (χ1v) is 11.2. The summed E-state index contributed by atoms with van der Waals surface area (Å²) < 4.78 is 2.06. The van der Waals surface area contributed by atoms with Gasteiger partial charge in [0.15, 0.2) is 5.16 Å². The molecule has 1 amide bonds. The maximum Gasteiger partial charge on any atom is 0.233 e. The zero-order valence-corrected chi connectivity index (χ0v) is 17.9. The first-order chi connectivity index (χ1) is 14.6. The Hall–Kier alpha value is -2.80. The van der Waals surface area contributed by atoms with Crippen LogP contribution in [0.2, 0.25) is 0 Å². The average Bonchev–Trinajstić information content (AvgIpc) is 3.13. The van der Waals surface area contributed by atoms with E-state index in [0.717, 1.165) is 36.9 Å². The number of phenolic OH excluding ortho intramolecular Hbond substituents is 1. The topological polar surface area (TPSA) is 71.2 Å². The molecule has 1 aliphatic rings. The van der Waals surface area contributed by atoms with Crippen LogP contribution in [-0.4, -0.2) is 49.5 Å². The molecular formula is C23H26N4O2S. The number of carbonyl (C=O) groups is 1. The molecule has 0 atom stereocenters. The third kappa shape index (κ3) is 4.84. The van der Waals surface area contributed by atoms with Gasteiger partial charge in [-0.1, -0.05) is 54.2 Å². The molecule has 7 heteroatoms. The summed E-state index contributed by atoms with van der Waals surface area (Å²) in [6, 6.07) is 17.6. The van der Waals surface area contributed by atoms with Crippen LogP contribution >= 0.6 is 11.8 Å².